The van der Waals surface area contributed by atoms with E-state index in [4.69, 9.17) is 18.9 Å². The predicted octanol–water partition coefficient (Wildman–Crippen LogP) is 1.69. The van der Waals surface area contributed by atoms with E-state index in [0.29, 0.717) is 19.8 Å². The lowest BCUT2D eigenvalue weighted by Crippen LogP contribution is -2.71. The zero-order chi connectivity index (χ0) is 16.2. The van der Waals surface area contributed by atoms with E-state index in [-0.39, 0.29) is 30.1 Å². The van der Waals surface area contributed by atoms with Crippen molar-refractivity contribution >= 4 is 17.7 Å². The molecule has 22 heavy (non-hydrogen) atoms. The van der Waals surface area contributed by atoms with Crippen LogP contribution in [0.2, 0.25) is 0 Å². The van der Waals surface area contributed by atoms with Gasteiger partial charge in [0.25, 0.3) is 0 Å². The van der Waals surface area contributed by atoms with Gasteiger partial charge in [-0.25, -0.2) is 0 Å². The highest BCUT2D eigenvalue weighted by Gasteiger charge is 2.55. The van der Waals surface area contributed by atoms with Gasteiger partial charge in [0.2, 0.25) is 5.91 Å². The molecule has 1 amide bonds. The van der Waals surface area contributed by atoms with Crippen LogP contribution in [0.4, 0.5) is 0 Å². The lowest BCUT2D eigenvalue weighted by atomic mass is 9.80. The maximum Gasteiger partial charge on any atom is 0.230 e. The Hall–Kier alpha value is -0.340. The van der Waals surface area contributed by atoms with Gasteiger partial charge in [-0.15, -0.1) is 11.8 Å². The third kappa shape index (κ3) is 3.94. The summed E-state index contributed by atoms with van der Waals surface area (Å²) in [6, 6.07) is 0.281. The summed E-state index contributed by atoms with van der Waals surface area (Å²) < 4.78 is 21.6. The first-order chi connectivity index (χ1) is 10.5. The molecule has 0 aromatic carbocycles. The molecule has 2 aliphatic rings. The summed E-state index contributed by atoms with van der Waals surface area (Å²) in [5, 5.41) is 0. The van der Waals surface area contributed by atoms with Gasteiger partial charge >= 0.3 is 0 Å². The first kappa shape index (κ1) is 18.0. The number of nitrogens with zero attached hydrogens (tertiary/aromatic N) is 1. The number of hydrogen-bond acceptors (Lipinski definition) is 6. The average Bonchev–Trinajstić information content (AvgIpc) is 2.48. The average molecular weight is 333 g/mol. The van der Waals surface area contributed by atoms with Gasteiger partial charge in [0, 0.05) is 13.2 Å². The minimum Gasteiger partial charge on any atom is -0.382 e. The number of rotatable bonds is 9. The SMILES string of the molecule is COCCOCOC(CC1C(=O)N2C1CCOC2(C)C)SC. The van der Waals surface area contributed by atoms with Crippen molar-refractivity contribution in [2.24, 2.45) is 5.92 Å². The summed E-state index contributed by atoms with van der Waals surface area (Å²) in [4.78, 5) is 14.3. The van der Waals surface area contributed by atoms with E-state index in [1.807, 2.05) is 25.0 Å². The molecule has 3 unspecified atom stereocenters. The van der Waals surface area contributed by atoms with Crippen LogP contribution in [-0.2, 0) is 23.7 Å². The molecule has 0 aromatic rings. The summed E-state index contributed by atoms with van der Waals surface area (Å²) in [6.07, 6.45) is 3.63. The number of ether oxygens (including phenoxy) is 4. The van der Waals surface area contributed by atoms with Crippen molar-refractivity contribution in [2.45, 2.75) is 43.9 Å². The third-order valence-corrected chi connectivity index (χ3v) is 5.13. The Morgan fingerprint density at radius 3 is 2.91 bits per heavy atom. The molecule has 2 heterocycles. The van der Waals surface area contributed by atoms with Gasteiger partial charge < -0.3 is 23.8 Å². The zero-order valence-electron chi connectivity index (χ0n) is 13.9. The largest absolute Gasteiger partial charge is 0.382 e. The van der Waals surface area contributed by atoms with Crippen LogP contribution < -0.4 is 0 Å². The van der Waals surface area contributed by atoms with Gasteiger partial charge in [-0.2, -0.15) is 0 Å². The van der Waals surface area contributed by atoms with Crippen molar-refractivity contribution in [1.29, 1.82) is 0 Å². The van der Waals surface area contributed by atoms with Crippen LogP contribution in [0.5, 0.6) is 0 Å². The molecule has 3 atom stereocenters. The Labute approximate surface area is 136 Å². The molecule has 0 spiro atoms. The van der Waals surface area contributed by atoms with Crippen LogP contribution in [-0.4, -0.2) is 68.0 Å². The standard InChI is InChI=1S/C15H27NO5S/c1-15(2)16-12(5-6-21-15)11(14(16)17)9-13(22-4)20-10-19-8-7-18-3/h11-13H,5-10H2,1-4H3. The van der Waals surface area contributed by atoms with E-state index in [1.54, 1.807) is 18.9 Å². The Bertz CT molecular complexity index is 379. The summed E-state index contributed by atoms with van der Waals surface area (Å²) in [6.45, 7) is 5.93. The highest BCUT2D eigenvalue weighted by molar-refractivity contribution is 7.99. The molecule has 0 radical (unpaired) electrons. The monoisotopic (exact) mass is 333 g/mol. The Balaban J connectivity index is 1.78. The quantitative estimate of drug-likeness (QED) is 0.364. The van der Waals surface area contributed by atoms with Crippen LogP contribution in [0.25, 0.3) is 0 Å². The molecule has 0 saturated carbocycles. The van der Waals surface area contributed by atoms with Crippen molar-refractivity contribution in [3.63, 3.8) is 0 Å². The van der Waals surface area contributed by atoms with Crippen LogP contribution in [0.1, 0.15) is 26.7 Å². The number of carbonyl (C=O) groups excluding carboxylic acids is 1. The highest BCUT2D eigenvalue weighted by Crippen LogP contribution is 2.42. The van der Waals surface area contributed by atoms with Crippen LogP contribution in [0.3, 0.4) is 0 Å². The van der Waals surface area contributed by atoms with Gasteiger partial charge in [-0.05, 0) is 32.9 Å². The lowest BCUT2D eigenvalue weighted by molar-refractivity contribution is -0.235. The van der Waals surface area contributed by atoms with Crippen LogP contribution in [0, 0.1) is 5.92 Å². The second-order valence-electron chi connectivity index (χ2n) is 6.05. The number of thioether (sulfide) groups is 1. The topological polar surface area (TPSA) is 57.2 Å². The van der Waals surface area contributed by atoms with E-state index in [1.165, 1.54) is 0 Å². The lowest BCUT2D eigenvalue weighted by Gasteiger charge is -2.58. The van der Waals surface area contributed by atoms with Crippen LogP contribution in [0.15, 0.2) is 0 Å². The van der Waals surface area contributed by atoms with Gasteiger partial charge in [-0.1, -0.05) is 0 Å². The number of amides is 1. The molecule has 128 valence electrons. The summed E-state index contributed by atoms with van der Waals surface area (Å²) >= 11 is 1.62. The van der Waals surface area contributed by atoms with Crippen LogP contribution >= 0.6 is 11.8 Å². The summed E-state index contributed by atoms with van der Waals surface area (Å²) in [5.41, 5.74) is -0.500. The van der Waals surface area contributed by atoms with Crippen molar-refractivity contribution in [3.05, 3.63) is 0 Å². The van der Waals surface area contributed by atoms with Crippen molar-refractivity contribution in [3.8, 4) is 0 Å². The van der Waals surface area contributed by atoms with Crippen molar-refractivity contribution in [1.82, 2.24) is 4.90 Å². The molecule has 0 aliphatic carbocycles. The summed E-state index contributed by atoms with van der Waals surface area (Å²) in [5.74, 6) is 0.220. The molecule has 2 fully saturated rings. The first-order valence-corrected chi connectivity index (χ1v) is 8.98. The summed E-state index contributed by atoms with van der Waals surface area (Å²) in [7, 11) is 1.64. The Morgan fingerprint density at radius 2 is 2.23 bits per heavy atom. The number of fused-ring (bicyclic) bond motifs is 1. The molecule has 7 heteroatoms. The smallest absolute Gasteiger partial charge is 0.230 e. The second kappa shape index (κ2) is 7.97. The molecular weight excluding hydrogens is 306 g/mol. The molecule has 0 aromatic heterocycles. The molecule has 2 rings (SSSR count). The molecule has 6 nitrogen and oxygen atoms in total. The molecule has 2 aliphatic heterocycles. The van der Waals surface area contributed by atoms with E-state index in [0.717, 1.165) is 12.8 Å². The molecular formula is C15H27NO5S. The zero-order valence-corrected chi connectivity index (χ0v) is 14.7. The molecule has 0 N–H and O–H groups in total. The van der Waals surface area contributed by atoms with E-state index >= 15 is 0 Å². The number of carbonyl (C=O) groups is 1. The maximum atomic E-state index is 12.4. The van der Waals surface area contributed by atoms with Gasteiger partial charge in [0.1, 0.15) is 18.0 Å². The molecule has 2 saturated heterocycles. The predicted molar refractivity (Wildman–Crippen MR) is 84.5 cm³/mol. The maximum absolute atomic E-state index is 12.4. The number of hydrogen-bond donors (Lipinski definition) is 0. The van der Waals surface area contributed by atoms with E-state index in [2.05, 4.69) is 0 Å². The molecule has 0 bridgehead atoms. The Morgan fingerprint density at radius 1 is 1.45 bits per heavy atom. The van der Waals surface area contributed by atoms with Crippen molar-refractivity contribution < 1.29 is 23.7 Å². The van der Waals surface area contributed by atoms with Gasteiger partial charge in [0.05, 0.1) is 25.7 Å². The highest BCUT2D eigenvalue weighted by atomic mass is 32.2. The third-order valence-electron chi connectivity index (χ3n) is 4.28. The fourth-order valence-electron chi connectivity index (χ4n) is 3.12. The number of methoxy groups -OCH3 is 1. The fourth-order valence-corrected chi connectivity index (χ4v) is 3.71. The van der Waals surface area contributed by atoms with E-state index < -0.39 is 5.72 Å². The minimum absolute atomic E-state index is 0.0235. The fraction of sp³-hybridized carbons (Fsp3) is 0.933. The Kier molecular flexibility index (Phi) is 6.52. The van der Waals surface area contributed by atoms with E-state index in [9.17, 15) is 4.79 Å². The van der Waals surface area contributed by atoms with Crippen molar-refractivity contribution in [2.75, 3.05) is 40.0 Å². The normalized spacial score (nSPS) is 28.2. The second-order valence-corrected chi connectivity index (χ2v) is 7.05. The number of β-lactam (4-membered cyclic amide) rings is 1. The van der Waals surface area contributed by atoms with Gasteiger partial charge in [-0.3, -0.25) is 4.79 Å². The first-order valence-electron chi connectivity index (χ1n) is 7.69. The van der Waals surface area contributed by atoms with Gasteiger partial charge in [0.15, 0.2) is 0 Å². The minimum atomic E-state index is -0.477.